The summed E-state index contributed by atoms with van der Waals surface area (Å²) in [4.78, 5) is 0.433. The predicted octanol–water partition coefficient (Wildman–Crippen LogP) is 4.20. The van der Waals surface area contributed by atoms with Gasteiger partial charge in [-0.1, -0.05) is 57.2 Å². The van der Waals surface area contributed by atoms with Gasteiger partial charge in [-0.3, -0.25) is 0 Å². The SMILES string of the molecule is CCCCCCC[C@@H]1CCCN1S(=O)(=O)c1ccccc1. The summed E-state index contributed by atoms with van der Waals surface area (Å²) in [6, 6.07) is 9.05. The van der Waals surface area contributed by atoms with Gasteiger partial charge in [-0.05, 0) is 31.4 Å². The van der Waals surface area contributed by atoms with Crippen LogP contribution in [0.1, 0.15) is 58.3 Å². The molecule has 0 N–H and O–H groups in total. The van der Waals surface area contributed by atoms with E-state index in [-0.39, 0.29) is 6.04 Å². The zero-order valence-corrected chi connectivity index (χ0v) is 13.8. The lowest BCUT2D eigenvalue weighted by Crippen LogP contribution is -2.35. The fourth-order valence-corrected chi connectivity index (χ4v) is 4.87. The predicted molar refractivity (Wildman–Crippen MR) is 86.7 cm³/mol. The number of hydrogen-bond acceptors (Lipinski definition) is 2. The summed E-state index contributed by atoms with van der Waals surface area (Å²) in [5, 5.41) is 0. The third-order valence-electron chi connectivity index (χ3n) is 4.31. The minimum Gasteiger partial charge on any atom is -0.207 e. The first kappa shape index (κ1) is 16.5. The van der Waals surface area contributed by atoms with E-state index in [1.807, 2.05) is 6.07 Å². The van der Waals surface area contributed by atoms with Crippen molar-refractivity contribution in [2.24, 2.45) is 0 Å². The van der Waals surface area contributed by atoms with Gasteiger partial charge in [0, 0.05) is 12.6 Å². The average molecular weight is 309 g/mol. The highest BCUT2D eigenvalue weighted by Gasteiger charge is 2.34. The maximum atomic E-state index is 12.7. The van der Waals surface area contributed by atoms with Gasteiger partial charge in [-0.15, -0.1) is 0 Å². The largest absolute Gasteiger partial charge is 0.243 e. The van der Waals surface area contributed by atoms with E-state index >= 15 is 0 Å². The Morgan fingerprint density at radius 3 is 2.52 bits per heavy atom. The lowest BCUT2D eigenvalue weighted by molar-refractivity contribution is 0.359. The first-order valence-electron chi connectivity index (χ1n) is 8.23. The standard InChI is InChI=1S/C17H27NO2S/c1-2-3-4-5-7-11-16-12-10-15-18(16)21(19,20)17-13-8-6-9-14-17/h6,8-9,13-14,16H,2-5,7,10-12,15H2,1H3/t16-/m1/s1. The van der Waals surface area contributed by atoms with E-state index in [1.165, 1.54) is 25.7 Å². The minimum atomic E-state index is -3.30. The van der Waals surface area contributed by atoms with E-state index < -0.39 is 10.0 Å². The molecule has 4 heteroatoms. The summed E-state index contributed by atoms with van der Waals surface area (Å²) < 4.78 is 27.2. The zero-order chi connectivity index (χ0) is 15.1. The summed E-state index contributed by atoms with van der Waals surface area (Å²) in [6.07, 6.45) is 9.19. The second-order valence-electron chi connectivity index (χ2n) is 5.93. The highest BCUT2D eigenvalue weighted by atomic mass is 32.2. The van der Waals surface area contributed by atoms with Gasteiger partial charge >= 0.3 is 0 Å². The van der Waals surface area contributed by atoms with Crippen LogP contribution in [0, 0.1) is 0 Å². The van der Waals surface area contributed by atoms with Crippen LogP contribution >= 0.6 is 0 Å². The Bertz CT molecular complexity index is 513. The molecule has 0 aliphatic carbocycles. The van der Waals surface area contributed by atoms with E-state index in [9.17, 15) is 8.42 Å². The highest BCUT2D eigenvalue weighted by Crippen LogP contribution is 2.29. The quantitative estimate of drug-likeness (QED) is 0.675. The van der Waals surface area contributed by atoms with Crippen LogP contribution in [-0.2, 0) is 10.0 Å². The van der Waals surface area contributed by atoms with Gasteiger partial charge in [0.2, 0.25) is 10.0 Å². The number of unbranched alkanes of at least 4 members (excludes halogenated alkanes) is 4. The fourth-order valence-electron chi connectivity index (χ4n) is 3.13. The van der Waals surface area contributed by atoms with Gasteiger partial charge in [-0.2, -0.15) is 4.31 Å². The van der Waals surface area contributed by atoms with Crippen LogP contribution < -0.4 is 0 Å². The molecular formula is C17H27NO2S. The highest BCUT2D eigenvalue weighted by molar-refractivity contribution is 7.89. The van der Waals surface area contributed by atoms with Crippen molar-refractivity contribution in [2.45, 2.75) is 69.2 Å². The Morgan fingerprint density at radius 1 is 1.10 bits per heavy atom. The average Bonchev–Trinajstić information content (AvgIpc) is 2.97. The normalized spacial score (nSPS) is 20.0. The molecule has 118 valence electrons. The minimum absolute atomic E-state index is 0.205. The van der Waals surface area contributed by atoms with Gasteiger partial charge in [0.25, 0.3) is 0 Å². The van der Waals surface area contributed by atoms with Gasteiger partial charge < -0.3 is 0 Å². The number of rotatable bonds is 8. The van der Waals surface area contributed by atoms with Gasteiger partial charge in [-0.25, -0.2) is 8.42 Å². The lowest BCUT2D eigenvalue weighted by atomic mass is 10.1. The summed E-state index contributed by atoms with van der Waals surface area (Å²) >= 11 is 0. The smallest absolute Gasteiger partial charge is 0.207 e. The van der Waals surface area contributed by atoms with Crippen molar-refractivity contribution in [1.29, 1.82) is 0 Å². The molecule has 1 fully saturated rings. The summed E-state index contributed by atoms with van der Waals surface area (Å²) in [7, 11) is -3.30. The maximum Gasteiger partial charge on any atom is 0.243 e. The Balaban J connectivity index is 1.95. The second-order valence-corrected chi connectivity index (χ2v) is 7.82. The van der Waals surface area contributed by atoms with Crippen LogP contribution in [0.25, 0.3) is 0 Å². The van der Waals surface area contributed by atoms with Crippen molar-refractivity contribution in [3.63, 3.8) is 0 Å². The van der Waals surface area contributed by atoms with E-state index in [0.29, 0.717) is 11.4 Å². The third kappa shape index (κ3) is 4.30. The third-order valence-corrected chi connectivity index (χ3v) is 6.28. The van der Waals surface area contributed by atoms with Crippen LogP contribution in [-0.4, -0.2) is 25.3 Å². The molecular weight excluding hydrogens is 282 g/mol. The van der Waals surface area contributed by atoms with Crippen molar-refractivity contribution in [3.05, 3.63) is 30.3 Å². The maximum absolute atomic E-state index is 12.7. The monoisotopic (exact) mass is 309 g/mol. The summed E-state index contributed by atoms with van der Waals surface area (Å²) in [6.45, 7) is 2.89. The van der Waals surface area contributed by atoms with Crippen LogP contribution in [0.2, 0.25) is 0 Å². The Labute approximate surface area is 129 Å². The van der Waals surface area contributed by atoms with Crippen LogP contribution in [0.4, 0.5) is 0 Å². The van der Waals surface area contributed by atoms with E-state index in [4.69, 9.17) is 0 Å². The Kier molecular flexibility index (Phi) is 6.24. The summed E-state index contributed by atoms with van der Waals surface area (Å²) in [5.74, 6) is 0. The molecule has 0 amide bonds. The summed E-state index contributed by atoms with van der Waals surface area (Å²) in [5.41, 5.74) is 0. The molecule has 0 bridgehead atoms. The zero-order valence-electron chi connectivity index (χ0n) is 13.0. The Morgan fingerprint density at radius 2 is 1.81 bits per heavy atom. The molecule has 1 saturated heterocycles. The van der Waals surface area contributed by atoms with Crippen LogP contribution in [0.15, 0.2) is 35.2 Å². The molecule has 1 atom stereocenters. The number of benzene rings is 1. The molecule has 1 aliphatic heterocycles. The van der Waals surface area contributed by atoms with E-state index in [1.54, 1.807) is 28.6 Å². The molecule has 1 aliphatic rings. The van der Waals surface area contributed by atoms with Crippen molar-refractivity contribution in [1.82, 2.24) is 4.31 Å². The molecule has 0 spiro atoms. The van der Waals surface area contributed by atoms with E-state index in [0.717, 1.165) is 25.7 Å². The lowest BCUT2D eigenvalue weighted by Gasteiger charge is -2.24. The molecule has 2 rings (SSSR count). The number of nitrogens with zero attached hydrogens (tertiary/aromatic N) is 1. The molecule has 0 unspecified atom stereocenters. The Hall–Kier alpha value is -0.870. The van der Waals surface area contributed by atoms with E-state index in [2.05, 4.69) is 6.92 Å². The van der Waals surface area contributed by atoms with Crippen molar-refractivity contribution in [2.75, 3.05) is 6.54 Å². The van der Waals surface area contributed by atoms with Crippen molar-refractivity contribution < 1.29 is 8.42 Å². The molecule has 1 heterocycles. The first-order valence-corrected chi connectivity index (χ1v) is 9.67. The molecule has 0 radical (unpaired) electrons. The van der Waals surface area contributed by atoms with Crippen LogP contribution in [0.5, 0.6) is 0 Å². The first-order chi connectivity index (χ1) is 10.2. The topological polar surface area (TPSA) is 37.4 Å². The van der Waals surface area contributed by atoms with Crippen molar-refractivity contribution in [3.8, 4) is 0 Å². The number of sulfonamides is 1. The molecule has 1 aromatic carbocycles. The van der Waals surface area contributed by atoms with Gasteiger partial charge in [0.05, 0.1) is 4.90 Å². The second kappa shape index (κ2) is 7.95. The molecule has 21 heavy (non-hydrogen) atoms. The molecule has 0 aromatic heterocycles. The molecule has 3 nitrogen and oxygen atoms in total. The van der Waals surface area contributed by atoms with Crippen LogP contribution in [0.3, 0.4) is 0 Å². The molecule has 0 saturated carbocycles. The van der Waals surface area contributed by atoms with Crippen molar-refractivity contribution >= 4 is 10.0 Å². The molecule has 1 aromatic rings. The number of hydrogen-bond donors (Lipinski definition) is 0. The van der Waals surface area contributed by atoms with Gasteiger partial charge in [0.1, 0.15) is 0 Å². The van der Waals surface area contributed by atoms with Gasteiger partial charge in [0.15, 0.2) is 0 Å². The fraction of sp³-hybridized carbons (Fsp3) is 0.647.